The zero-order chi connectivity index (χ0) is 14.8. The Morgan fingerprint density at radius 2 is 2.33 bits per heavy atom. The van der Waals surface area contributed by atoms with E-state index >= 15 is 0 Å². The van der Waals surface area contributed by atoms with E-state index in [2.05, 4.69) is 16.8 Å². The van der Waals surface area contributed by atoms with Gasteiger partial charge in [0.2, 0.25) is 0 Å². The lowest BCUT2D eigenvalue weighted by Crippen LogP contribution is -2.37. The summed E-state index contributed by atoms with van der Waals surface area (Å²) in [7, 11) is 1.64. The monoisotopic (exact) mass is 286 g/mol. The minimum absolute atomic E-state index is 0.184. The van der Waals surface area contributed by atoms with Crippen molar-refractivity contribution in [1.29, 1.82) is 0 Å². The second kappa shape index (κ2) is 5.90. The Labute approximate surface area is 125 Å². The van der Waals surface area contributed by atoms with E-state index in [9.17, 15) is 4.79 Å². The van der Waals surface area contributed by atoms with Crippen LogP contribution in [0.3, 0.4) is 0 Å². The molecule has 21 heavy (non-hydrogen) atoms. The maximum atomic E-state index is 12.6. The van der Waals surface area contributed by atoms with Crippen molar-refractivity contribution < 1.29 is 9.53 Å². The van der Waals surface area contributed by atoms with Gasteiger partial charge in [-0.1, -0.05) is 6.92 Å². The lowest BCUT2D eigenvalue weighted by molar-refractivity contribution is 0.0894. The van der Waals surface area contributed by atoms with Crippen LogP contribution in [0.5, 0.6) is 5.75 Å². The zero-order valence-electron chi connectivity index (χ0n) is 12.7. The summed E-state index contributed by atoms with van der Waals surface area (Å²) in [6, 6.07) is 5.78. The van der Waals surface area contributed by atoms with Crippen molar-refractivity contribution in [2.75, 3.05) is 26.7 Å². The summed E-state index contributed by atoms with van der Waals surface area (Å²) in [6.45, 7) is 4.82. The SMILES string of the molecule is COc1ccc2[nH]cc(C(=O)CN3CCC[C@H](C)C3)c2c1. The fraction of sp³-hybridized carbons (Fsp3) is 0.471. The molecule has 0 aliphatic carbocycles. The molecule has 1 saturated heterocycles. The topological polar surface area (TPSA) is 45.3 Å². The molecule has 1 aliphatic heterocycles. The second-order valence-electron chi connectivity index (χ2n) is 6.02. The van der Waals surface area contributed by atoms with Crippen molar-refractivity contribution in [3.05, 3.63) is 30.0 Å². The number of nitrogens with zero attached hydrogens (tertiary/aromatic N) is 1. The number of piperidine rings is 1. The number of hydrogen-bond acceptors (Lipinski definition) is 3. The van der Waals surface area contributed by atoms with Gasteiger partial charge < -0.3 is 9.72 Å². The number of fused-ring (bicyclic) bond motifs is 1. The van der Waals surface area contributed by atoms with Crippen molar-refractivity contribution in [2.45, 2.75) is 19.8 Å². The fourth-order valence-corrected chi connectivity index (χ4v) is 3.18. The zero-order valence-corrected chi connectivity index (χ0v) is 12.7. The molecule has 1 N–H and O–H groups in total. The number of rotatable bonds is 4. The van der Waals surface area contributed by atoms with Crippen molar-refractivity contribution in [2.24, 2.45) is 5.92 Å². The van der Waals surface area contributed by atoms with E-state index in [1.165, 1.54) is 12.8 Å². The van der Waals surface area contributed by atoms with Gasteiger partial charge in [0.25, 0.3) is 0 Å². The van der Waals surface area contributed by atoms with Crippen LogP contribution in [0.2, 0.25) is 0 Å². The van der Waals surface area contributed by atoms with Crippen LogP contribution >= 0.6 is 0 Å². The summed E-state index contributed by atoms with van der Waals surface area (Å²) in [6.07, 6.45) is 4.28. The van der Waals surface area contributed by atoms with Gasteiger partial charge in [0.05, 0.1) is 13.7 Å². The molecule has 1 aliphatic rings. The van der Waals surface area contributed by atoms with Gasteiger partial charge in [-0.25, -0.2) is 0 Å². The average Bonchev–Trinajstić information content (AvgIpc) is 2.90. The number of likely N-dealkylation sites (tertiary alicyclic amines) is 1. The molecule has 4 heteroatoms. The number of benzene rings is 1. The Kier molecular flexibility index (Phi) is 3.97. The van der Waals surface area contributed by atoms with Crippen LogP contribution in [-0.4, -0.2) is 42.4 Å². The third-order valence-corrected chi connectivity index (χ3v) is 4.30. The Morgan fingerprint density at radius 3 is 3.10 bits per heavy atom. The van der Waals surface area contributed by atoms with Gasteiger partial charge in [-0.05, 0) is 43.5 Å². The molecule has 1 atom stereocenters. The van der Waals surface area contributed by atoms with Crippen molar-refractivity contribution in [3.8, 4) is 5.75 Å². The van der Waals surface area contributed by atoms with E-state index in [0.29, 0.717) is 12.5 Å². The quantitative estimate of drug-likeness (QED) is 0.878. The summed E-state index contributed by atoms with van der Waals surface area (Å²) >= 11 is 0. The Bertz CT molecular complexity index is 647. The largest absolute Gasteiger partial charge is 0.497 e. The molecule has 0 saturated carbocycles. The van der Waals surface area contributed by atoms with Gasteiger partial charge in [0.1, 0.15) is 5.75 Å². The van der Waals surface area contributed by atoms with Gasteiger partial charge in [-0.15, -0.1) is 0 Å². The van der Waals surface area contributed by atoms with Crippen LogP contribution in [0.25, 0.3) is 10.9 Å². The molecule has 0 bridgehead atoms. The summed E-state index contributed by atoms with van der Waals surface area (Å²) in [5.74, 6) is 1.65. The summed E-state index contributed by atoms with van der Waals surface area (Å²) < 4.78 is 5.25. The first-order valence-electron chi connectivity index (χ1n) is 7.58. The van der Waals surface area contributed by atoms with Crippen molar-refractivity contribution >= 4 is 16.7 Å². The normalized spacial score (nSPS) is 19.8. The number of aromatic nitrogens is 1. The van der Waals surface area contributed by atoms with Crippen LogP contribution < -0.4 is 4.74 Å². The number of methoxy groups -OCH3 is 1. The molecule has 0 spiro atoms. The number of H-pyrrole nitrogens is 1. The van der Waals surface area contributed by atoms with Crippen LogP contribution in [0.4, 0.5) is 0 Å². The number of hydrogen-bond donors (Lipinski definition) is 1. The highest BCUT2D eigenvalue weighted by molar-refractivity contribution is 6.09. The van der Waals surface area contributed by atoms with Gasteiger partial charge in [-0.2, -0.15) is 0 Å². The first-order chi connectivity index (χ1) is 10.2. The number of nitrogens with one attached hydrogen (secondary N) is 1. The fourth-order valence-electron chi connectivity index (χ4n) is 3.18. The maximum absolute atomic E-state index is 12.6. The number of carbonyl (C=O) groups excluding carboxylic acids is 1. The molecule has 2 heterocycles. The number of ether oxygens (including phenoxy) is 1. The molecule has 1 fully saturated rings. The Balaban J connectivity index is 1.80. The van der Waals surface area contributed by atoms with Crippen LogP contribution in [0.1, 0.15) is 30.1 Å². The number of carbonyl (C=O) groups is 1. The highest BCUT2D eigenvalue weighted by Gasteiger charge is 2.20. The lowest BCUT2D eigenvalue weighted by atomic mass is 9.99. The number of ketones is 1. The van der Waals surface area contributed by atoms with Gasteiger partial charge >= 0.3 is 0 Å². The Hall–Kier alpha value is -1.81. The highest BCUT2D eigenvalue weighted by atomic mass is 16.5. The van der Waals surface area contributed by atoms with E-state index in [4.69, 9.17) is 4.74 Å². The van der Waals surface area contributed by atoms with Crippen LogP contribution in [0, 0.1) is 5.92 Å². The third kappa shape index (κ3) is 2.95. The predicted molar refractivity (Wildman–Crippen MR) is 84.0 cm³/mol. The summed E-state index contributed by atoms with van der Waals surface area (Å²) in [5, 5.41) is 0.949. The molecule has 0 unspecified atom stereocenters. The molecule has 3 rings (SSSR count). The minimum atomic E-state index is 0.184. The summed E-state index contributed by atoms with van der Waals surface area (Å²) in [5.41, 5.74) is 1.74. The van der Waals surface area contributed by atoms with Crippen molar-refractivity contribution in [3.63, 3.8) is 0 Å². The van der Waals surface area contributed by atoms with Gasteiger partial charge in [-0.3, -0.25) is 9.69 Å². The average molecular weight is 286 g/mol. The molecular weight excluding hydrogens is 264 g/mol. The molecule has 112 valence electrons. The number of aromatic amines is 1. The first-order valence-corrected chi connectivity index (χ1v) is 7.58. The van der Waals surface area contributed by atoms with E-state index in [1.54, 1.807) is 7.11 Å². The van der Waals surface area contributed by atoms with Crippen molar-refractivity contribution in [1.82, 2.24) is 9.88 Å². The predicted octanol–water partition coefficient (Wildman–Crippen LogP) is 3.09. The lowest BCUT2D eigenvalue weighted by Gasteiger charge is -2.30. The molecule has 1 aromatic heterocycles. The first kappa shape index (κ1) is 14.1. The third-order valence-electron chi connectivity index (χ3n) is 4.30. The van der Waals surface area contributed by atoms with Gasteiger partial charge in [0.15, 0.2) is 5.78 Å². The van der Waals surface area contributed by atoms with E-state index in [1.807, 2.05) is 24.4 Å². The summed E-state index contributed by atoms with van der Waals surface area (Å²) in [4.78, 5) is 18.0. The second-order valence-corrected chi connectivity index (χ2v) is 6.02. The highest BCUT2D eigenvalue weighted by Crippen LogP contribution is 2.24. The Morgan fingerprint density at radius 1 is 1.48 bits per heavy atom. The van der Waals surface area contributed by atoms with Gasteiger partial charge in [0, 0.05) is 29.2 Å². The molecule has 2 aromatic rings. The maximum Gasteiger partial charge on any atom is 0.178 e. The molecular formula is C17H22N2O2. The van der Waals surface area contributed by atoms with E-state index < -0.39 is 0 Å². The van der Waals surface area contributed by atoms with E-state index in [0.717, 1.165) is 35.3 Å². The minimum Gasteiger partial charge on any atom is -0.497 e. The molecule has 1 aromatic carbocycles. The van der Waals surface area contributed by atoms with E-state index in [-0.39, 0.29) is 5.78 Å². The molecule has 4 nitrogen and oxygen atoms in total. The number of Topliss-reactive ketones (excluding diaryl/α,β-unsaturated/α-hetero) is 1. The molecule has 0 radical (unpaired) electrons. The standard InChI is InChI=1S/C17H22N2O2/c1-12-4-3-7-19(10-12)11-17(20)15-9-18-16-6-5-13(21-2)8-14(15)16/h5-6,8-9,12,18H,3-4,7,10-11H2,1-2H3/t12-/m0/s1. The van der Waals surface area contributed by atoms with Crippen LogP contribution in [0.15, 0.2) is 24.4 Å². The molecule has 0 amide bonds. The van der Waals surface area contributed by atoms with Crippen LogP contribution in [-0.2, 0) is 0 Å². The smallest absolute Gasteiger partial charge is 0.178 e.